The number of rotatable bonds is 4. The monoisotopic (exact) mass is 247 g/mol. The van der Waals surface area contributed by atoms with Gasteiger partial charge in [-0.3, -0.25) is 10.1 Å². The standard InChI is InChI=1S/C14H19N3O/c1-14(2,3)11(9-15)17-12(13(16)18)10-7-5-4-6-8-10/h4-8,11-12,17H,1-3H3,(H2,16,18)/t11-,12-/m1/s1/i9+2. The molecule has 0 radical (unpaired) electrons. The molecule has 0 aliphatic carbocycles. The Morgan fingerprint density at radius 2 is 1.89 bits per heavy atom. The summed E-state index contributed by atoms with van der Waals surface area (Å²) in [6, 6.07) is 10.3. The van der Waals surface area contributed by atoms with Crippen molar-refractivity contribution < 1.29 is 4.79 Å². The lowest BCUT2D eigenvalue weighted by molar-refractivity contribution is -0.120. The van der Waals surface area contributed by atoms with Crippen molar-refractivity contribution in [2.24, 2.45) is 11.1 Å². The highest BCUT2D eigenvalue weighted by Crippen LogP contribution is 2.22. The minimum atomic E-state index is -0.643. The second-order valence-corrected chi connectivity index (χ2v) is 5.34. The molecular weight excluding hydrogens is 228 g/mol. The molecule has 3 N–H and O–H groups in total. The van der Waals surface area contributed by atoms with E-state index >= 15 is 0 Å². The van der Waals surface area contributed by atoms with Gasteiger partial charge in [-0.15, -0.1) is 0 Å². The van der Waals surface area contributed by atoms with Gasteiger partial charge >= 0.3 is 0 Å². The summed E-state index contributed by atoms with van der Waals surface area (Å²) in [5, 5.41) is 12.2. The fourth-order valence-electron chi connectivity index (χ4n) is 1.64. The first-order chi connectivity index (χ1) is 8.36. The average molecular weight is 247 g/mol. The van der Waals surface area contributed by atoms with E-state index in [0.29, 0.717) is 0 Å². The van der Waals surface area contributed by atoms with Crippen LogP contribution in [-0.4, -0.2) is 11.9 Å². The molecule has 0 unspecified atom stereocenters. The average Bonchev–Trinajstić information content (AvgIpc) is 2.29. The zero-order valence-electron chi connectivity index (χ0n) is 11.0. The van der Waals surface area contributed by atoms with Gasteiger partial charge in [-0.05, 0) is 11.0 Å². The molecule has 0 fully saturated rings. The van der Waals surface area contributed by atoms with Crippen LogP contribution in [0.5, 0.6) is 0 Å². The lowest BCUT2D eigenvalue weighted by Gasteiger charge is -2.29. The number of nitrogens with one attached hydrogen (secondary N) is 1. The Labute approximate surface area is 108 Å². The van der Waals surface area contributed by atoms with Crippen molar-refractivity contribution in [2.75, 3.05) is 0 Å². The number of hydrogen-bond donors (Lipinski definition) is 2. The van der Waals surface area contributed by atoms with Gasteiger partial charge in [-0.1, -0.05) is 51.1 Å². The largest absolute Gasteiger partial charge is 0.368 e. The number of primary amides is 1. The molecule has 0 spiro atoms. The number of nitrogens with zero attached hydrogens (tertiary/aromatic N) is 1. The number of carbonyl (C=O) groups is 1. The van der Waals surface area contributed by atoms with E-state index in [0.717, 1.165) is 5.56 Å². The van der Waals surface area contributed by atoms with Crippen molar-refractivity contribution in [3.8, 4) is 6.07 Å². The van der Waals surface area contributed by atoms with Gasteiger partial charge in [-0.25, -0.2) is 0 Å². The van der Waals surface area contributed by atoms with Crippen LogP contribution in [0.15, 0.2) is 30.3 Å². The summed E-state index contributed by atoms with van der Waals surface area (Å²) < 4.78 is 0. The minimum absolute atomic E-state index is 0.267. The molecule has 18 heavy (non-hydrogen) atoms. The van der Waals surface area contributed by atoms with Crippen molar-refractivity contribution in [3.05, 3.63) is 35.9 Å². The van der Waals surface area contributed by atoms with E-state index in [2.05, 4.69) is 11.4 Å². The molecule has 1 rings (SSSR count). The van der Waals surface area contributed by atoms with Crippen LogP contribution >= 0.6 is 0 Å². The first kappa shape index (κ1) is 14.2. The van der Waals surface area contributed by atoms with Crippen LogP contribution in [0.1, 0.15) is 32.4 Å². The number of benzene rings is 1. The molecule has 4 nitrogen and oxygen atoms in total. The predicted octanol–water partition coefficient (Wildman–Crippen LogP) is 1.74. The van der Waals surface area contributed by atoms with Crippen LogP contribution in [-0.2, 0) is 4.79 Å². The normalized spacial score (nSPS) is 14.6. The van der Waals surface area contributed by atoms with Gasteiger partial charge in [0.2, 0.25) is 5.91 Å². The highest BCUT2D eigenvalue weighted by Gasteiger charge is 2.29. The Morgan fingerprint density at radius 3 is 2.28 bits per heavy atom. The van der Waals surface area contributed by atoms with Crippen LogP contribution in [0.2, 0.25) is 0 Å². The zero-order chi connectivity index (χ0) is 13.8. The maximum absolute atomic E-state index is 11.5. The first-order valence-electron chi connectivity index (χ1n) is 5.86. The van der Waals surface area contributed by atoms with E-state index in [1.807, 2.05) is 51.1 Å². The zero-order valence-corrected chi connectivity index (χ0v) is 11.0. The van der Waals surface area contributed by atoms with Gasteiger partial charge in [0.05, 0.1) is 6.07 Å². The third-order valence-electron chi connectivity index (χ3n) is 2.75. The maximum atomic E-state index is 11.5. The van der Waals surface area contributed by atoms with E-state index < -0.39 is 18.0 Å². The summed E-state index contributed by atoms with van der Waals surface area (Å²) in [4.78, 5) is 11.5. The topological polar surface area (TPSA) is 78.9 Å². The summed E-state index contributed by atoms with van der Waals surface area (Å²) in [6.07, 6.45) is 0. The molecule has 0 aliphatic heterocycles. The van der Waals surface area contributed by atoms with Crippen LogP contribution < -0.4 is 11.1 Å². The van der Waals surface area contributed by atoms with Crippen molar-refractivity contribution in [2.45, 2.75) is 32.9 Å². The van der Waals surface area contributed by atoms with E-state index in [1.54, 1.807) is 0 Å². The summed E-state index contributed by atoms with van der Waals surface area (Å²) in [5.41, 5.74) is 5.91. The lowest BCUT2D eigenvalue weighted by atomic mass is 9.91. The molecule has 1 amide bonds. The molecule has 0 aromatic heterocycles. The van der Waals surface area contributed by atoms with Crippen molar-refractivity contribution in [1.82, 2.24) is 5.32 Å². The Hall–Kier alpha value is -1.86. The minimum Gasteiger partial charge on any atom is -0.368 e. The lowest BCUT2D eigenvalue weighted by Crippen LogP contribution is -2.45. The fourth-order valence-corrected chi connectivity index (χ4v) is 1.64. The Balaban J connectivity index is 2.96. The van der Waals surface area contributed by atoms with Crippen LogP contribution in [0.3, 0.4) is 0 Å². The smallest absolute Gasteiger partial charge is 0.239 e. The van der Waals surface area contributed by atoms with Gasteiger partial charge in [0.1, 0.15) is 12.1 Å². The van der Waals surface area contributed by atoms with Crippen LogP contribution in [0.4, 0.5) is 0 Å². The van der Waals surface area contributed by atoms with Gasteiger partial charge in [0.15, 0.2) is 0 Å². The van der Waals surface area contributed by atoms with E-state index in [1.165, 1.54) is 0 Å². The molecule has 1 aromatic rings. The molecule has 0 heterocycles. The quantitative estimate of drug-likeness (QED) is 0.850. The van der Waals surface area contributed by atoms with Crippen molar-refractivity contribution in [1.29, 1.82) is 5.26 Å². The summed E-state index contributed by atoms with van der Waals surface area (Å²) in [7, 11) is 0. The number of nitrogens with two attached hydrogens (primary N) is 1. The third kappa shape index (κ3) is 3.57. The summed E-state index contributed by atoms with van der Waals surface area (Å²) in [6.45, 7) is 5.82. The Morgan fingerprint density at radius 1 is 1.33 bits per heavy atom. The van der Waals surface area contributed by atoms with Gasteiger partial charge in [0.25, 0.3) is 0 Å². The summed E-state index contributed by atoms with van der Waals surface area (Å²) in [5.74, 6) is -0.481. The van der Waals surface area contributed by atoms with Gasteiger partial charge < -0.3 is 5.73 Å². The molecule has 1 aromatic carbocycles. The molecule has 0 saturated carbocycles. The number of nitriles is 1. The molecule has 0 bridgehead atoms. The highest BCUT2D eigenvalue weighted by molar-refractivity contribution is 5.81. The third-order valence-corrected chi connectivity index (χ3v) is 2.75. The van der Waals surface area contributed by atoms with Crippen molar-refractivity contribution >= 4 is 5.91 Å². The van der Waals surface area contributed by atoms with E-state index in [4.69, 9.17) is 5.73 Å². The van der Waals surface area contributed by atoms with Gasteiger partial charge in [-0.2, -0.15) is 5.26 Å². The molecular formula is C14H19N3O. The second-order valence-electron chi connectivity index (χ2n) is 5.34. The molecule has 4 heteroatoms. The second kappa shape index (κ2) is 5.65. The first-order valence-corrected chi connectivity index (χ1v) is 5.86. The number of amides is 1. The molecule has 2 atom stereocenters. The molecule has 96 valence electrons. The Bertz CT molecular complexity index is 442. The van der Waals surface area contributed by atoms with Crippen molar-refractivity contribution in [3.63, 3.8) is 0 Å². The van der Waals surface area contributed by atoms with E-state index in [9.17, 15) is 10.1 Å². The molecule has 0 aliphatic rings. The highest BCUT2D eigenvalue weighted by atomic mass is 16.1. The van der Waals surface area contributed by atoms with Gasteiger partial charge in [0, 0.05) is 0 Å². The van der Waals surface area contributed by atoms with E-state index in [-0.39, 0.29) is 5.41 Å². The Kier molecular flexibility index (Phi) is 4.46. The predicted molar refractivity (Wildman–Crippen MR) is 70.4 cm³/mol. The number of carbonyl (C=O) groups excluding carboxylic acids is 1. The molecule has 0 saturated heterocycles. The van der Waals surface area contributed by atoms with Crippen LogP contribution in [0.25, 0.3) is 0 Å². The summed E-state index contributed by atoms with van der Waals surface area (Å²) >= 11 is 0. The maximum Gasteiger partial charge on any atom is 0.239 e. The fraction of sp³-hybridized carbons (Fsp3) is 0.429. The number of hydrogen-bond acceptors (Lipinski definition) is 3. The SMILES string of the molecule is CC(C)(C)[C@@H]([14C]#N)N[C@@H](C(N)=O)c1ccccc1. The van der Waals surface area contributed by atoms with Crippen LogP contribution in [0, 0.1) is 16.7 Å².